The van der Waals surface area contributed by atoms with Crippen molar-refractivity contribution in [1.82, 2.24) is 5.32 Å². The van der Waals surface area contributed by atoms with Gasteiger partial charge in [-0.15, -0.1) is 0 Å². The molecule has 1 unspecified atom stereocenters. The fourth-order valence-electron chi connectivity index (χ4n) is 3.38. The minimum absolute atomic E-state index is 0.363. The van der Waals surface area contributed by atoms with E-state index in [0.717, 1.165) is 13.0 Å². The molecule has 0 aromatic rings. The molecule has 3 heteroatoms. The zero-order valence-electron chi connectivity index (χ0n) is 18.3. The van der Waals surface area contributed by atoms with Crippen molar-refractivity contribution < 1.29 is 9.84 Å². The molecule has 0 aromatic carbocycles. The minimum Gasteiger partial charge on any atom is -0.377 e. The van der Waals surface area contributed by atoms with Crippen molar-refractivity contribution in [3.05, 3.63) is 0 Å². The van der Waals surface area contributed by atoms with Gasteiger partial charge in [0.15, 0.2) is 0 Å². The Morgan fingerprint density at radius 3 is 1.42 bits per heavy atom. The molecular formula is C23H49NO2. The van der Waals surface area contributed by atoms with E-state index in [-0.39, 0.29) is 0 Å². The first-order chi connectivity index (χ1) is 12.6. The van der Waals surface area contributed by atoms with Crippen LogP contribution in [0.4, 0.5) is 0 Å². The van der Waals surface area contributed by atoms with Crippen molar-refractivity contribution in [1.29, 1.82) is 0 Å². The summed E-state index contributed by atoms with van der Waals surface area (Å²) < 4.78 is 5.27. The van der Waals surface area contributed by atoms with E-state index in [0.29, 0.717) is 13.2 Å². The molecule has 0 aliphatic heterocycles. The Kier molecular flexibility index (Phi) is 19.5. The highest BCUT2D eigenvalue weighted by molar-refractivity contribution is 4.68. The normalized spacial score (nSPS) is 13.8. The number of aliphatic hydroxyl groups is 1. The summed E-state index contributed by atoms with van der Waals surface area (Å²) in [5, 5.41) is 13.2. The number of hydrogen-bond donors (Lipinski definition) is 2. The van der Waals surface area contributed by atoms with Crippen LogP contribution in [-0.2, 0) is 4.74 Å². The Hall–Kier alpha value is -0.120. The standard InChI is InChI=1S/C23H49NO2/c1-4-6-7-8-9-10-11-12-13-14-15-16-17-18-19-20-21-24-23(3,25)22-26-5-2/h24-25H,4-22H2,1-3H3. The number of hydrogen-bond acceptors (Lipinski definition) is 3. The van der Waals surface area contributed by atoms with E-state index in [1.54, 1.807) is 6.92 Å². The first-order valence-corrected chi connectivity index (χ1v) is 11.7. The molecule has 0 saturated heterocycles. The van der Waals surface area contributed by atoms with Gasteiger partial charge in [0, 0.05) is 6.61 Å². The van der Waals surface area contributed by atoms with E-state index in [1.165, 1.54) is 96.3 Å². The van der Waals surface area contributed by atoms with Gasteiger partial charge in [0.2, 0.25) is 0 Å². The largest absolute Gasteiger partial charge is 0.377 e. The highest BCUT2D eigenvalue weighted by Crippen LogP contribution is 2.13. The van der Waals surface area contributed by atoms with Crippen molar-refractivity contribution in [2.24, 2.45) is 0 Å². The van der Waals surface area contributed by atoms with Gasteiger partial charge in [-0.1, -0.05) is 103 Å². The fraction of sp³-hybridized carbons (Fsp3) is 1.00. The SMILES string of the molecule is CCCCCCCCCCCCCCCCCCNC(C)(O)COCC. The lowest BCUT2D eigenvalue weighted by molar-refractivity contribution is -0.0535. The van der Waals surface area contributed by atoms with E-state index >= 15 is 0 Å². The van der Waals surface area contributed by atoms with E-state index in [4.69, 9.17) is 4.74 Å². The van der Waals surface area contributed by atoms with Gasteiger partial charge in [0.25, 0.3) is 0 Å². The molecule has 0 saturated carbocycles. The summed E-state index contributed by atoms with van der Waals surface area (Å²) in [7, 11) is 0. The average Bonchev–Trinajstić information content (AvgIpc) is 2.62. The smallest absolute Gasteiger partial charge is 0.136 e. The van der Waals surface area contributed by atoms with Crippen molar-refractivity contribution in [2.45, 2.75) is 129 Å². The van der Waals surface area contributed by atoms with Crippen LogP contribution in [0.5, 0.6) is 0 Å². The summed E-state index contributed by atoms with van der Waals surface area (Å²) in [6, 6.07) is 0. The van der Waals surface area contributed by atoms with E-state index < -0.39 is 5.72 Å². The maximum atomic E-state index is 10.0. The molecule has 0 spiro atoms. The molecule has 0 bridgehead atoms. The highest BCUT2D eigenvalue weighted by atomic mass is 16.5. The monoisotopic (exact) mass is 371 g/mol. The summed E-state index contributed by atoms with van der Waals surface area (Å²) >= 11 is 0. The summed E-state index contributed by atoms with van der Waals surface area (Å²) in [5.41, 5.74) is -0.883. The van der Waals surface area contributed by atoms with Gasteiger partial charge in [0.05, 0.1) is 6.61 Å². The van der Waals surface area contributed by atoms with Gasteiger partial charge in [-0.2, -0.15) is 0 Å². The van der Waals surface area contributed by atoms with Crippen molar-refractivity contribution in [3.63, 3.8) is 0 Å². The van der Waals surface area contributed by atoms with Gasteiger partial charge < -0.3 is 9.84 Å². The lowest BCUT2D eigenvalue weighted by Gasteiger charge is -2.24. The topological polar surface area (TPSA) is 41.5 Å². The average molecular weight is 372 g/mol. The number of ether oxygens (including phenoxy) is 1. The lowest BCUT2D eigenvalue weighted by Crippen LogP contribution is -2.46. The molecule has 1 atom stereocenters. The Bertz CT molecular complexity index is 269. The van der Waals surface area contributed by atoms with Crippen molar-refractivity contribution in [3.8, 4) is 0 Å². The van der Waals surface area contributed by atoms with Crippen molar-refractivity contribution >= 4 is 0 Å². The number of rotatable bonds is 21. The van der Waals surface area contributed by atoms with Gasteiger partial charge in [-0.25, -0.2) is 0 Å². The van der Waals surface area contributed by atoms with Crippen LogP contribution in [0.25, 0.3) is 0 Å². The van der Waals surface area contributed by atoms with Gasteiger partial charge in [-0.05, 0) is 26.8 Å². The first kappa shape index (κ1) is 25.9. The summed E-state index contributed by atoms with van der Waals surface area (Å²) in [4.78, 5) is 0. The van der Waals surface area contributed by atoms with Crippen LogP contribution in [0.15, 0.2) is 0 Å². The van der Waals surface area contributed by atoms with Crippen LogP contribution in [-0.4, -0.2) is 30.6 Å². The van der Waals surface area contributed by atoms with Crippen LogP contribution < -0.4 is 5.32 Å². The fourth-order valence-corrected chi connectivity index (χ4v) is 3.38. The molecule has 0 aliphatic rings. The van der Waals surface area contributed by atoms with Crippen molar-refractivity contribution in [2.75, 3.05) is 19.8 Å². The number of nitrogens with one attached hydrogen (secondary N) is 1. The minimum atomic E-state index is -0.883. The van der Waals surface area contributed by atoms with Crippen LogP contribution in [0.2, 0.25) is 0 Å². The molecule has 0 rings (SSSR count). The van der Waals surface area contributed by atoms with Crippen LogP contribution in [0.3, 0.4) is 0 Å². The van der Waals surface area contributed by atoms with Crippen LogP contribution >= 0.6 is 0 Å². The highest BCUT2D eigenvalue weighted by Gasteiger charge is 2.18. The zero-order chi connectivity index (χ0) is 19.3. The number of unbranched alkanes of at least 4 members (excludes halogenated alkanes) is 15. The Balaban J connectivity index is 3.13. The third-order valence-corrected chi connectivity index (χ3v) is 5.12. The molecule has 0 aromatic heterocycles. The maximum absolute atomic E-state index is 10.0. The second-order valence-electron chi connectivity index (χ2n) is 8.14. The first-order valence-electron chi connectivity index (χ1n) is 11.7. The molecule has 0 amide bonds. The predicted octanol–water partition coefficient (Wildman–Crippen LogP) is 6.58. The van der Waals surface area contributed by atoms with E-state index in [2.05, 4.69) is 12.2 Å². The molecular weight excluding hydrogens is 322 g/mol. The summed E-state index contributed by atoms with van der Waals surface area (Å²) in [6.45, 7) is 7.91. The molecule has 26 heavy (non-hydrogen) atoms. The van der Waals surface area contributed by atoms with Crippen LogP contribution in [0, 0.1) is 0 Å². The molecule has 0 radical (unpaired) electrons. The van der Waals surface area contributed by atoms with Gasteiger partial charge in [0.1, 0.15) is 5.72 Å². The lowest BCUT2D eigenvalue weighted by atomic mass is 10.0. The molecule has 3 nitrogen and oxygen atoms in total. The zero-order valence-corrected chi connectivity index (χ0v) is 18.3. The molecule has 158 valence electrons. The third kappa shape index (κ3) is 20.2. The second kappa shape index (κ2) is 19.6. The van der Waals surface area contributed by atoms with E-state index in [1.807, 2.05) is 6.92 Å². The third-order valence-electron chi connectivity index (χ3n) is 5.12. The maximum Gasteiger partial charge on any atom is 0.136 e. The second-order valence-corrected chi connectivity index (χ2v) is 8.14. The Morgan fingerprint density at radius 1 is 0.654 bits per heavy atom. The summed E-state index contributed by atoms with van der Waals surface area (Å²) in [5.74, 6) is 0. The Morgan fingerprint density at radius 2 is 1.04 bits per heavy atom. The van der Waals surface area contributed by atoms with Gasteiger partial charge >= 0.3 is 0 Å². The molecule has 2 N–H and O–H groups in total. The Labute approximate surface area is 164 Å². The van der Waals surface area contributed by atoms with Crippen LogP contribution in [0.1, 0.15) is 124 Å². The van der Waals surface area contributed by atoms with Gasteiger partial charge in [-0.3, -0.25) is 5.32 Å². The summed E-state index contributed by atoms with van der Waals surface area (Å²) in [6.07, 6.45) is 22.2. The molecule has 0 aliphatic carbocycles. The quantitative estimate of drug-likeness (QED) is 0.177. The molecule has 0 fully saturated rings. The van der Waals surface area contributed by atoms with E-state index in [9.17, 15) is 5.11 Å². The predicted molar refractivity (Wildman–Crippen MR) is 115 cm³/mol. The molecule has 0 heterocycles.